The molecule has 0 unspecified atom stereocenters. The van der Waals surface area contributed by atoms with Gasteiger partial charge in [-0.15, -0.1) is 13.2 Å². The van der Waals surface area contributed by atoms with Gasteiger partial charge in [-0.2, -0.15) is 0 Å². The van der Waals surface area contributed by atoms with Gasteiger partial charge in [0.15, 0.2) is 0 Å². The zero-order valence-corrected chi connectivity index (χ0v) is 13.7. The van der Waals surface area contributed by atoms with E-state index < -0.39 is 5.41 Å². The van der Waals surface area contributed by atoms with Crippen LogP contribution in [0, 0.1) is 11.3 Å². The first-order valence-electron chi connectivity index (χ1n) is 7.46. The van der Waals surface area contributed by atoms with Crippen molar-refractivity contribution < 1.29 is 9.63 Å². The fraction of sp³-hybridized carbons (Fsp3) is 0.368. The number of hydrogen-bond acceptors (Lipinski definition) is 3. The van der Waals surface area contributed by atoms with Crippen LogP contribution in [0.5, 0.6) is 0 Å². The van der Waals surface area contributed by atoms with Crippen LogP contribution in [-0.4, -0.2) is 11.7 Å². The largest absolute Gasteiger partial charge is 0.340 e. The lowest BCUT2D eigenvalue weighted by atomic mass is 9.91. The van der Waals surface area contributed by atoms with Crippen LogP contribution in [0.15, 0.2) is 60.8 Å². The van der Waals surface area contributed by atoms with Gasteiger partial charge in [-0.05, 0) is 39.2 Å². The minimum absolute atomic E-state index is 0.0881. The number of benzene rings is 1. The van der Waals surface area contributed by atoms with Crippen LogP contribution in [0.25, 0.3) is 0 Å². The molecule has 3 nitrogen and oxygen atoms in total. The molecule has 1 aromatic carbocycles. The maximum atomic E-state index is 12.0. The summed E-state index contributed by atoms with van der Waals surface area (Å²) in [5.74, 6) is -0.262. The Morgan fingerprint density at radius 1 is 1.18 bits per heavy atom. The van der Waals surface area contributed by atoms with Crippen LogP contribution in [0.4, 0.5) is 0 Å². The first kappa shape index (κ1) is 17.9. The highest BCUT2D eigenvalue weighted by Gasteiger charge is 2.25. The van der Waals surface area contributed by atoms with Crippen molar-refractivity contribution in [2.75, 3.05) is 0 Å². The second kappa shape index (κ2) is 8.32. The maximum absolute atomic E-state index is 12.0. The summed E-state index contributed by atoms with van der Waals surface area (Å²) in [5.41, 5.74) is 1.11. The summed E-state index contributed by atoms with van der Waals surface area (Å²) in [6.45, 7) is 13.0. The number of carbonyl (C=O) groups is 1. The van der Waals surface area contributed by atoms with E-state index in [1.54, 1.807) is 20.8 Å². The maximum Gasteiger partial charge on any atom is 0.340 e. The van der Waals surface area contributed by atoms with E-state index in [-0.39, 0.29) is 11.9 Å². The Hall–Kier alpha value is -2.16. The zero-order valence-electron chi connectivity index (χ0n) is 13.7. The van der Waals surface area contributed by atoms with E-state index >= 15 is 0 Å². The van der Waals surface area contributed by atoms with E-state index in [0.717, 1.165) is 24.1 Å². The third kappa shape index (κ3) is 5.32. The Labute approximate surface area is 133 Å². The van der Waals surface area contributed by atoms with Crippen molar-refractivity contribution in [3.63, 3.8) is 0 Å². The molecule has 0 atom stereocenters. The van der Waals surface area contributed by atoms with Crippen molar-refractivity contribution in [3.05, 3.63) is 61.2 Å². The summed E-state index contributed by atoms with van der Waals surface area (Å²) in [6, 6.07) is 9.74. The fourth-order valence-electron chi connectivity index (χ4n) is 1.92. The van der Waals surface area contributed by atoms with Gasteiger partial charge >= 0.3 is 5.97 Å². The summed E-state index contributed by atoms with van der Waals surface area (Å²) < 4.78 is 0. The summed E-state index contributed by atoms with van der Waals surface area (Å²) in [6.07, 6.45) is 5.18. The fourth-order valence-corrected chi connectivity index (χ4v) is 1.92. The normalized spacial score (nSPS) is 12.1. The van der Waals surface area contributed by atoms with Crippen LogP contribution in [0.2, 0.25) is 0 Å². The number of nitrogens with zero attached hydrogens (tertiary/aromatic N) is 1. The van der Waals surface area contributed by atoms with Gasteiger partial charge in [-0.25, -0.2) is 4.79 Å². The molecule has 22 heavy (non-hydrogen) atoms. The standard InChI is InChI=1S/C19H25NO2/c1-6-11-15(12-7-2)17(16-13-9-8-10-14-16)20-22-18(21)19(3,4)5/h6-10,13-15H,1-2,11-12H2,3-5H3/b20-17-. The van der Waals surface area contributed by atoms with Gasteiger partial charge in [0.2, 0.25) is 0 Å². The van der Waals surface area contributed by atoms with Gasteiger partial charge in [0.1, 0.15) is 0 Å². The molecule has 0 N–H and O–H groups in total. The molecule has 1 rings (SSSR count). The van der Waals surface area contributed by atoms with Gasteiger partial charge in [-0.3, -0.25) is 0 Å². The van der Waals surface area contributed by atoms with Crippen LogP contribution in [0.1, 0.15) is 39.2 Å². The molecule has 0 spiro atoms. The number of allylic oxidation sites excluding steroid dienone is 2. The third-order valence-electron chi connectivity index (χ3n) is 3.20. The van der Waals surface area contributed by atoms with E-state index in [0.29, 0.717) is 0 Å². The highest BCUT2D eigenvalue weighted by molar-refractivity contribution is 6.02. The van der Waals surface area contributed by atoms with Gasteiger partial charge in [0, 0.05) is 5.92 Å². The smallest absolute Gasteiger partial charge is 0.317 e. The van der Waals surface area contributed by atoms with Gasteiger partial charge in [-0.1, -0.05) is 47.6 Å². The van der Waals surface area contributed by atoms with E-state index in [4.69, 9.17) is 4.84 Å². The van der Waals surface area contributed by atoms with E-state index in [2.05, 4.69) is 18.3 Å². The van der Waals surface area contributed by atoms with Crippen molar-refractivity contribution in [2.24, 2.45) is 16.5 Å². The Kier molecular flexibility index (Phi) is 6.77. The van der Waals surface area contributed by atoms with Gasteiger partial charge in [0.25, 0.3) is 0 Å². The van der Waals surface area contributed by atoms with Crippen LogP contribution >= 0.6 is 0 Å². The SMILES string of the molecule is C=CCC(CC=C)/C(=N/OC(=O)C(C)(C)C)c1ccccc1. The van der Waals surface area contributed by atoms with Gasteiger partial charge in [0.05, 0.1) is 11.1 Å². The molecule has 0 aromatic heterocycles. The molecule has 0 aliphatic carbocycles. The number of oxime groups is 1. The summed E-state index contributed by atoms with van der Waals surface area (Å²) >= 11 is 0. The average Bonchev–Trinajstić information content (AvgIpc) is 2.47. The summed E-state index contributed by atoms with van der Waals surface area (Å²) in [7, 11) is 0. The Morgan fingerprint density at radius 3 is 2.18 bits per heavy atom. The first-order valence-corrected chi connectivity index (χ1v) is 7.46. The highest BCUT2D eigenvalue weighted by atomic mass is 16.7. The van der Waals surface area contributed by atoms with Crippen LogP contribution in [0.3, 0.4) is 0 Å². The Bertz CT molecular complexity index is 528. The van der Waals surface area contributed by atoms with E-state index in [1.165, 1.54) is 0 Å². The molecule has 0 amide bonds. The average molecular weight is 299 g/mol. The molecule has 0 aliphatic rings. The Balaban J connectivity index is 3.13. The number of rotatable bonds is 7. The molecule has 0 saturated carbocycles. The quantitative estimate of drug-likeness (QED) is 0.315. The Morgan fingerprint density at radius 2 is 1.73 bits per heavy atom. The topological polar surface area (TPSA) is 38.7 Å². The molecule has 118 valence electrons. The monoisotopic (exact) mass is 299 g/mol. The number of hydrogen-bond donors (Lipinski definition) is 0. The first-order chi connectivity index (χ1) is 10.4. The zero-order chi connectivity index (χ0) is 16.6. The summed E-state index contributed by atoms with van der Waals surface area (Å²) in [4.78, 5) is 17.1. The molecule has 0 radical (unpaired) electrons. The molecule has 0 bridgehead atoms. The lowest BCUT2D eigenvalue weighted by Crippen LogP contribution is -2.23. The highest BCUT2D eigenvalue weighted by Crippen LogP contribution is 2.20. The van der Waals surface area contributed by atoms with Crippen molar-refractivity contribution in [1.82, 2.24) is 0 Å². The molecule has 1 aromatic rings. The predicted octanol–water partition coefficient (Wildman–Crippen LogP) is 4.75. The van der Waals surface area contributed by atoms with E-state index in [9.17, 15) is 4.79 Å². The molecule has 0 aliphatic heterocycles. The van der Waals surface area contributed by atoms with Gasteiger partial charge < -0.3 is 4.84 Å². The number of carbonyl (C=O) groups excluding carboxylic acids is 1. The predicted molar refractivity (Wildman–Crippen MR) is 91.6 cm³/mol. The minimum Gasteiger partial charge on any atom is -0.317 e. The van der Waals surface area contributed by atoms with Crippen molar-refractivity contribution in [1.29, 1.82) is 0 Å². The molecular formula is C19H25NO2. The molecular weight excluding hydrogens is 274 g/mol. The van der Waals surface area contributed by atoms with E-state index in [1.807, 2.05) is 42.5 Å². The van der Waals surface area contributed by atoms with Crippen molar-refractivity contribution in [2.45, 2.75) is 33.6 Å². The molecule has 3 heteroatoms. The molecule has 0 fully saturated rings. The van der Waals surface area contributed by atoms with Crippen LogP contribution < -0.4 is 0 Å². The third-order valence-corrected chi connectivity index (χ3v) is 3.20. The van der Waals surface area contributed by atoms with Crippen molar-refractivity contribution >= 4 is 11.7 Å². The lowest BCUT2D eigenvalue weighted by Gasteiger charge is -2.18. The minimum atomic E-state index is -0.586. The van der Waals surface area contributed by atoms with Crippen molar-refractivity contribution in [3.8, 4) is 0 Å². The summed E-state index contributed by atoms with van der Waals surface area (Å²) in [5, 5.41) is 4.17. The molecule has 0 heterocycles. The second-order valence-electron chi connectivity index (χ2n) is 6.22. The lowest BCUT2D eigenvalue weighted by molar-refractivity contribution is -0.152. The second-order valence-corrected chi connectivity index (χ2v) is 6.22. The molecule has 0 saturated heterocycles. The van der Waals surface area contributed by atoms with Crippen LogP contribution in [-0.2, 0) is 9.63 Å².